The molecule has 1 aromatic heterocycles. The fourth-order valence-corrected chi connectivity index (χ4v) is 5.55. The van der Waals surface area contributed by atoms with Gasteiger partial charge in [0.15, 0.2) is 6.61 Å². The van der Waals surface area contributed by atoms with Crippen molar-refractivity contribution in [2.24, 2.45) is 5.92 Å². The summed E-state index contributed by atoms with van der Waals surface area (Å²) < 4.78 is 11.3. The molecule has 0 radical (unpaired) electrons. The highest BCUT2D eigenvalue weighted by Gasteiger charge is 2.43. The van der Waals surface area contributed by atoms with Gasteiger partial charge in [0.1, 0.15) is 11.3 Å². The molecule has 5 rings (SSSR count). The molecule has 1 saturated carbocycles. The molecule has 3 aliphatic rings. The molecule has 0 spiro atoms. The number of aliphatic hydroxyl groups is 1. The molecular formula is C24H29NO5. The molecule has 0 bridgehead atoms. The number of rotatable bonds is 3. The van der Waals surface area contributed by atoms with Crippen molar-refractivity contribution in [1.29, 1.82) is 0 Å². The molecule has 6 nitrogen and oxygen atoms in total. The molecule has 0 unspecified atom stereocenters. The van der Waals surface area contributed by atoms with Gasteiger partial charge < -0.3 is 19.2 Å². The Morgan fingerprint density at radius 3 is 2.87 bits per heavy atom. The van der Waals surface area contributed by atoms with E-state index in [9.17, 15) is 14.7 Å². The summed E-state index contributed by atoms with van der Waals surface area (Å²) in [6, 6.07) is 5.50. The van der Waals surface area contributed by atoms with Crippen LogP contribution in [0.25, 0.3) is 11.0 Å². The lowest BCUT2D eigenvalue weighted by Crippen LogP contribution is -2.55. The SMILES string of the molecule is O=C(COc1ccc2c3c(c(=O)oc2c1)CCCC3)N1CC[C@@]2(O)CCCC[C@H]2C1. The first kappa shape index (κ1) is 19.6. The van der Waals surface area contributed by atoms with Crippen LogP contribution in [0, 0.1) is 5.92 Å². The van der Waals surface area contributed by atoms with E-state index in [1.807, 2.05) is 17.0 Å². The molecule has 1 aromatic carbocycles. The Labute approximate surface area is 175 Å². The lowest BCUT2D eigenvalue weighted by Gasteiger charge is -2.47. The highest BCUT2D eigenvalue weighted by atomic mass is 16.5. The average molecular weight is 411 g/mol. The summed E-state index contributed by atoms with van der Waals surface area (Å²) in [7, 11) is 0. The molecule has 1 aliphatic heterocycles. The number of benzene rings is 1. The Hall–Kier alpha value is -2.34. The first-order valence-corrected chi connectivity index (χ1v) is 11.2. The topological polar surface area (TPSA) is 80.0 Å². The van der Waals surface area contributed by atoms with Gasteiger partial charge >= 0.3 is 5.63 Å². The van der Waals surface area contributed by atoms with Crippen LogP contribution in [0.4, 0.5) is 0 Å². The summed E-state index contributed by atoms with van der Waals surface area (Å²) in [6.07, 6.45) is 8.48. The van der Waals surface area contributed by atoms with Gasteiger partial charge in [-0.15, -0.1) is 0 Å². The van der Waals surface area contributed by atoms with Crippen molar-refractivity contribution < 1.29 is 19.1 Å². The van der Waals surface area contributed by atoms with Crippen LogP contribution in [0.5, 0.6) is 5.75 Å². The molecule has 160 valence electrons. The van der Waals surface area contributed by atoms with Crippen LogP contribution in [0.15, 0.2) is 27.4 Å². The Kier molecular flexibility index (Phi) is 5.05. The first-order chi connectivity index (χ1) is 14.5. The maximum absolute atomic E-state index is 12.7. The third-order valence-electron chi connectivity index (χ3n) is 7.34. The van der Waals surface area contributed by atoms with Gasteiger partial charge in [-0.25, -0.2) is 4.79 Å². The minimum atomic E-state index is -0.592. The molecule has 2 heterocycles. The van der Waals surface area contributed by atoms with Gasteiger partial charge in [-0.05, 0) is 62.6 Å². The minimum absolute atomic E-state index is 0.0498. The van der Waals surface area contributed by atoms with E-state index in [0.29, 0.717) is 30.8 Å². The molecule has 2 fully saturated rings. The molecule has 1 amide bonds. The zero-order valence-electron chi connectivity index (χ0n) is 17.3. The molecule has 2 atom stereocenters. The number of carbonyl (C=O) groups excluding carboxylic acids is 1. The Balaban J connectivity index is 1.27. The van der Waals surface area contributed by atoms with Crippen molar-refractivity contribution in [3.8, 4) is 5.75 Å². The number of carbonyl (C=O) groups is 1. The normalized spacial score (nSPS) is 26.2. The van der Waals surface area contributed by atoms with Gasteiger partial charge in [0, 0.05) is 36.0 Å². The van der Waals surface area contributed by atoms with Gasteiger partial charge in [0.25, 0.3) is 5.91 Å². The third-order valence-corrected chi connectivity index (χ3v) is 7.34. The molecule has 1 saturated heterocycles. The summed E-state index contributed by atoms with van der Waals surface area (Å²) in [4.78, 5) is 26.8. The van der Waals surface area contributed by atoms with Crippen LogP contribution in [-0.2, 0) is 17.6 Å². The van der Waals surface area contributed by atoms with Crippen molar-refractivity contribution in [3.63, 3.8) is 0 Å². The van der Waals surface area contributed by atoms with Gasteiger partial charge in [0.2, 0.25) is 0 Å². The standard InChI is InChI=1S/C24H29NO5/c26-22(25-12-11-24(28)10-4-3-5-16(24)14-25)15-29-17-8-9-19-18-6-1-2-7-20(18)23(27)30-21(19)13-17/h8-9,13,16,28H,1-7,10-12,14-15H2/t16-,24-/m0/s1. The van der Waals surface area contributed by atoms with Crippen molar-refractivity contribution in [2.75, 3.05) is 19.7 Å². The summed E-state index contributed by atoms with van der Waals surface area (Å²) >= 11 is 0. The average Bonchev–Trinajstić information content (AvgIpc) is 2.77. The van der Waals surface area contributed by atoms with Crippen LogP contribution in [0.2, 0.25) is 0 Å². The number of ether oxygens (including phenoxy) is 1. The highest BCUT2D eigenvalue weighted by Crippen LogP contribution is 2.39. The summed E-state index contributed by atoms with van der Waals surface area (Å²) in [5.41, 5.74) is 1.59. The van der Waals surface area contributed by atoms with Crippen LogP contribution < -0.4 is 10.4 Å². The predicted octanol–water partition coefficient (Wildman–Crippen LogP) is 3.20. The predicted molar refractivity (Wildman–Crippen MR) is 113 cm³/mol. The number of piperidine rings is 1. The van der Waals surface area contributed by atoms with E-state index >= 15 is 0 Å². The monoisotopic (exact) mass is 411 g/mol. The van der Waals surface area contributed by atoms with Crippen molar-refractivity contribution >= 4 is 16.9 Å². The number of fused-ring (bicyclic) bond motifs is 4. The molecule has 2 aliphatic carbocycles. The van der Waals surface area contributed by atoms with E-state index in [2.05, 4.69) is 0 Å². The molecular weight excluding hydrogens is 382 g/mol. The largest absolute Gasteiger partial charge is 0.484 e. The number of amides is 1. The second kappa shape index (κ2) is 7.73. The molecule has 30 heavy (non-hydrogen) atoms. The third kappa shape index (κ3) is 3.51. The van der Waals surface area contributed by atoms with E-state index in [1.165, 1.54) is 0 Å². The van der Waals surface area contributed by atoms with Crippen LogP contribution in [0.1, 0.15) is 56.1 Å². The fraction of sp³-hybridized carbons (Fsp3) is 0.583. The van der Waals surface area contributed by atoms with Crippen molar-refractivity contribution in [2.45, 2.75) is 63.4 Å². The van der Waals surface area contributed by atoms with Crippen molar-refractivity contribution in [3.05, 3.63) is 39.7 Å². The number of hydrogen-bond donors (Lipinski definition) is 1. The van der Waals surface area contributed by atoms with Gasteiger partial charge in [-0.3, -0.25) is 4.79 Å². The van der Waals surface area contributed by atoms with Gasteiger partial charge in [0.05, 0.1) is 5.60 Å². The second-order valence-electron chi connectivity index (χ2n) is 9.14. The van der Waals surface area contributed by atoms with Gasteiger partial charge in [-0.1, -0.05) is 12.8 Å². The smallest absolute Gasteiger partial charge is 0.339 e. The number of nitrogens with zero attached hydrogens (tertiary/aromatic N) is 1. The van der Waals surface area contributed by atoms with E-state index in [0.717, 1.165) is 67.9 Å². The maximum Gasteiger partial charge on any atom is 0.339 e. The Morgan fingerprint density at radius 2 is 2.00 bits per heavy atom. The number of aryl methyl sites for hydroxylation is 1. The Morgan fingerprint density at radius 1 is 1.17 bits per heavy atom. The second-order valence-corrected chi connectivity index (χ2v) is 9.14. The van der Waals surface area contributed by atoms with Crippen LogP contribution >= 0.6 is 0 Å². The minimum Gasteiger partial charge on any atom is -0.484 e. The summed E-state index contributed by atoms with van der Waals surface area (Å²) in [5, 5.41) is 11.8. The van der Waals surface area contributed by atoms with E-state index in [1.54, 1.807) is 6.07 Å². The Bertz CT molecular complexity index is 1030. The number of hydrogen-bond acceptors (Lipinski definition) is 5. The van der Waals surface area contributed by atoms with E-state index < -0.39 is 5.60 Å². The zero-order valence-corrected chi connectivity index (χ0v) is 17.3. The van der Waals surface area contributed by atoms with Crippen LogP contribution in [0.3, 0.4) is 0 Å². The highest BCUT2D eigenvalue weighted by molar-refractivity contribution is 5.83. The lowest BCUT2D eigenvalue weighted by atomic mass is 9.71. The van der Waals surface area contributed by atoms with Crippen LogP contribution in [-0.4, -0.2) is 41.2 Å². The van der Waals surface area contributed by atoms with E-state index in [4.69, 9.17) is 9.15 Å². The summed E-state index contributed by atoms with van der Waals surface area (Å²) in [6.45, 7) is 1.14. The van der Waals surface area contributed by atoms with Gasteiger partial charge in [-0.2, -0.15) is 0 Å². The fourth-order valence-electron chi connectivity index (χ4n) is 5.55. The first-order valence-electron chi connectivity index (χ1n) is 11.2. The maximum atomic E-state index is 12.7. The van der Waals surface area contributed by atoms with E-state index in [-0.39, 0.29) is 24.1 Å². The quantitative estimate of drug-likeness (QED) is 0.785. The van der Waals surface area contributed by atoms with Crippen molar-refractivity contribution in [1.82, 2.24) is 4.90 Å². The zero-order chi connectivity index (χ0) is 20.7. The molecule has 2 aromatic rings. The molecule has 1 N–H and O–H groups in total. The summed E-state index contributed by atoms with van der Waals surface area (Å²) in [5.74, 6) is 0.639. The molecule has 6 heteroatoms. The number of likely N-dealkylation sites (tertiary alicyclic amines) is 1. The lowest BCUT2D eigenvalue weighted by molar-refractivity contribution is -0.145.